The molecule has 0 radical (unpaired) electrons. The Bertz CT molecular complexity index is 828. The molecule has 3 rings (SSSR count). The SMILES string of the molecule is O=C(c1cccc(F)c1)N1CCN(C(=O)c2ccc[nH]c2=S)CC1. The van der Waals surface area contributed by atoms with Crippen molar-refractivity contribution in [2.24, 2.45) is 0 Å². The van der Waals surface area contributed by atoms with Crippen LogP contribution in [0.3, 0.4) is 0 Å². The number of rotatable bonds is 2. The quantitative estimate of drug-likeness (QED) is 0.851. The maximum atomic E-state index is 13.3. The van der Waals surface area contributed by atoms with Crippen LogP contribution in [0.25, 0.3) is 0 Å². The molecule has 2 heterocycles. The van der Waals surface area contributed by atoms with Crippen molar-refractivity contribution in [3.05, 3.63) is 64.2 Å². The third-order valence-electron chi connectivity index (χ3n) is 3.97. The second-order valence-electron chi connectivity index (χ2n) is 5.51. The maximum absolute atomic E-state index is 13.3. The van der Waals surface area contributed by atoms with Crippen molar-refractivity contribution in [3.63, 3.8) is 0 Å². The highest BCUT2D eigenvalue weighted by Gasteiger charge is 2.26. The van der Waals surface area contributed by atoms with E-state index in [-0.39, 0.29) is 11.8 Å². The number of nitrogens with one attached hydrogen (secondary N) is 1. The number of amides is 2. The summed E-state index contributed by atoms with van der Waals surface area (Å²) in [6.45, 7) is 1.65. The molecule has 5 nitrogen and oxygen atoms in total. The van der Waals surface area contributed by atoms with Crippen LogP contribution in [0.2, 0.25) is 0 Å². The zero-order valence-electron chi connectivity index (χ0n) is 12.9. The van der Waals surface area contributed by atoms with E-state index >= 15 is 0 Å². The number of aromatic nitrogens is 1. The molecule has 1 saturated heterocycles. The zero-order chi connectivity index (χ0) is 17.1. The number of H-pyrrole nitrogens is 1. The van der Waals surface area contributed by atoms with Crippen LogP contribution in [-0.4, -0.2) is 52.8 Å². The lowest BCUT2D eigenvalue weighted by Gasteiger charge is -2.34. The minimum atomic E-state index is -0.437. The number of piperazine rings is 1. The predicted molar refractivity (Wildman–Crippen MR) is 89.8 cm³/mol. The molecule has 0 atom stereocenters. The molecule has 1 aliphatic heterocycles. The number of nitrogens with zero attached hydrogens (tertiary/aromatic N) is 2. The van der Waals surface area contributed by atoms with Crippen molar-refractivity contribution in [1.29, 1.82) is 0 Å². The zero-order valence-corrected chi connectivity index (χ0v) is 13.7. The Hall–Kier alpha value is -2.54. The van der Waals surface area contributed by atoms with Crippen LogP contribution in [0, 0.1) is 10.5 Å². The Labute approximate surface area is 143 Å². The fourth-order valence-corrected chi connectivity index (χ4v) is 2.90. The molecule has 0 spiro atoms. The van der Waals surface area contributed by atoms with Crippen molar-refractivity contribution in [2.75, 3.05) is 26.2 Å². The average molecular weight is 345 g/mol. The summed E-state index contributed by atoms with van der Waals surface area (Å²) in [4.78, 5) is 31.0. The monoisotopic (exact) mass is 345 g/mol. The van der Waals surface area contributed by atoms with E-state index in [1.165, 1.54) is 18.2 Å². The topological polar surface area (TPSA) is 56.4 Å². The smallest absolute Gasteiger partial charge is 0.256 e. The standard InChI is InChI=1S/C17H16FN3O2S/c18-13-4-1-3-12(11-13)16(22)20-7-9-21(10-8-20)17(23)14-5-2-6-19-15(14)24/h1-6,11H,7-10H2,(H,19,24). The Balaban J connectivity index is 1.66. The molecule has 0 saturated carbocycles. The van der Waals surface area contributed by atoms with E-state index in [1.54, 1.807) is 34.2 Å². The van der Waals surface area contributed by atoms with Gasteiger partial charge in [-0.2, -0.15) is 0 Å². The number of hydrogen-bond acceptors (Lipinski definition) is 3. The summed E-state index contributed by atoms with van der Waals surface area (Å²) in [5.74, 6) is -0.804. The summed E-state index contributed by atoms with van der Waals surface area (Å²) < 4.78 is 13.7. The second kappa shape index (κ2) is 6.92. The Kier molecular flexibility index (Phi) is 4.71. The van der Waals surface area contributed by atoms with Crippen LogP contribution in [0.5, 0.6) is 0 Å². The molecule has 0 aliphatic carbocycles. The molecule has 0 bridgehead atoms. The molecule has 1 aliphatic rings. The van der Waals surface area contributed by atoms with Crippen LogP contribution >= 0.6 is 12.2 Å². The Morgan fingerprint density at radius 3 is 2.29 bits per heavy atom. The third kappa shape index (κ3) is 3.35. The first-order chi connectivity index (χ1) is 11.6. The number of hydrogen-bond donors (Lipinski definition) is 1. The van der Waals surface area contributed by atoms with E-state index in [2.05, 4.69) is 4.98 Å². The summed E-state index contributed by atoms with van der Waals surface area (Å²) >= 11 is 5.14. The van der Waals surface area contributed by atoms with Crippen molar-refractivity contribution < 1.29 is 14.0 Å². The van der Waals surface area contributed by atoms with Gasteiger partial charge in [-0.3, -0.25) is 9.59 Å². The molecule has 1 N–H and O–H groups in total. The van der Waals surface area contributed by atoms with Gasteiger partial charge in [-0.25, -0.2) is 4.39 Å². The highest BCUT2D eigenvalue weighted by atomic mass is 32.1. The van der Waals surface area contributed by atoms with Gasteiger partial charge in [-0.05, 0) is 30.3 Å². The largest absolute Gasteiger partial charge is 0.352 e. The molecule has 7 heteroatoms. The van der Waals surface area contributed by atoms with Gasteiger partial charge in [0.1, 0.15) is 10.5 Å². The van der Waals surface area contributed by atoms with Gasteiger partial charge in [0.25, 0.3) is 11.8 Å². The van der Waals surface area contributed by atoms with Crippen molar-refractivity contribution in [3.8, 4) is 0 Å². The normalized spacial score (nSPS) is 14.5. The van der Waals surface area contributed by atoms with Gasteiger partial charge in [0, 0.05) is 37.9 Å². The van der Waals surface area contributed by atoms with Gasteiger partial charge in [-0.1, -0.05) is 18.3 Å². The number of carbonyl (C=O) groups is 2. The van der Waals surface area contributed by atoms with E-state index in [1.807, 2.05) is 0 Å². The van der Waals surface area contributed by atoms with E-state index < -0.39 is 5.82 Å². The number of carbonyl (C=O) groups excluding carboxylic acids is 2. The highest BCUT2D eigenvalue weighted by molar-refractivity contribution is 7.71. The first kappa shape index (κ1) is 16.3. The van der Waals surface area contributed by atoms with Crippen LogP contribution in [0.15, 0.2) is 42.6 Å². The van der Waals surface area contributed by atoms with Gasteiger partial charge in [0.15, 0.2) is 0 Å². The summed E-state index contributed by atoms with van der Waals surface area (Å²) in [6, 6.07) is 9.05. The minimum absolute atomic E-state index is 0.144. The second-order valence-corrected chi connectivity index (χ2v) is 5.92. The molecule has 24 heavy (non-hydrogen) atoms. The number of benzene rings is 1. The average Bonchev–Trinajstić information content (AvgIpc) is 2.61. The van der Waals surface area contributed by atoms with E-state index in [0.29, 0.717) is 41.9 Å². The molecule has 124 valence electrons. The number of halogens is 1. The molecule has 1 aromatic heterocycles. The molecule has 0 unspecified atom stereocenters. The molecular weight excluding hydrogens is 329 g/mol. The van der Waals surface area contributed by atoms with Crippen LogP contribution in [0.1, 0.15) is 20.7 Å². The summed E-state index contributed by atoms with van der Waals surface area (Å²) in [6.07, 6.45) is 1.68. The lowest BCUT2D eigenvalue weighted by molar-refractivity contribution is 0.0534. The van der Waals surface area contributed by atoms with Gasteiger partial charge < -0.3 is 14.8 Å². The van der Waals surface area contributed by atoms with E-state index in [0.717, 1.165) is 0 Å². The Morgan fingerprint density at radius 2 is 1.67 bits per heavy atom. The minimum Gasteiger partial charge on any atom is -0.352 e. The highest BCUT2D eigenvalue weighted by Crippen LogP contribution is 2.13. The van der Waals surface area contributed by atoms with E-state index in [9.17, 15) is 14.0 Å². The lowest BCUT2D eigenvalue weighted by atomic mass is 10.1. The van der Waals surface area contributed by atoms with Crippen molar-refractivity contribution in [1.82, 2.24) is 14.8 Å². The first-order valence-corrected chi connectivity index (χ1v) is 7.99. The predicted octanol–water partition coefficient (Wildman–Crippen LogP) is 2.48. The third-order valence-corrected chi connectivity index (χ3v) is 4.31. The van der Waals surface area contributed by atoms with Crippen molar-refractivity contribution in [2.45, 2.75) is 0 Å². The summed E-state index contributed by atoms with van der Waals surface area (Å²) in [5.41, 5.74) is 0.776. The van der Waals surface area contributed by atoms with Crippen LogP contribution in [0.4, 0.5) is 4.39 Å². The number of aromatic amines is 1. The van der Waals surface area contributed by atoms with Gasteiger partial charge >= 0.3 is 0 Å². The fraction of sp³-hybridized carbons (Fsp3) is 0.235. The molecule has 2 amide bonds. The van der Waals surface area contributed by atoms with E-state index in [4.69, 9.17) is 12.2 Å². The summed E-state index contributed by atoms with van der Waals surface area (Å²) in [5, 5.41) is 0. The fourth-order valence-electron chi connectivity index (χ4n) is 2.68. The molecule has 1 fully saturated rings. The maximum Gasteiger partial charge on any atom is 0.256 e. The van der Waals surface area contributed by atoms with Crippen LogP contribution < -0.4 is 0 Å². The number of pyridine rings is 1. The van der Waals surface area contributed by atoms with Crippen LogP contribution in [-0.2, 0) is 0 Å². The van der Waals surface area contributed by atoms with Gasteiger partial charge in [0.05, 0.1) is 5.56 Å². The summed E-state index contributed by atoms with van der Waals surface area (Å²) in [7, 11) is 0. The lowest BCUT2D eigenvalue weighted by Crippen LogP contribution is -2.50. The Morgan fingerprint density at radius 1 is 1.00 bits per heavy atom. The van der Waals surface area contributed by atoms with Gasteiger partial charge in [-0.15, -0.1) is 0 Å². The molecule has 1 aromatic carbocycles. The van der Waals surface area contributed by atoms with Crippen molar-refractivity contribution >= 4 is 24.0 Å². The molecule has 2 aromatic rings. The first-order valence-electron chi connectivity index (χ1n) is 7.58. The molecular formula is C17H16FN3O2S. The van der Waals surface area contributed by atoms with Gasteiger partial charge in [0.2, 0.25) is 0 Å².